The van der Waals surface area contributed by atoms with Crippen LogP contribution in [0.1, 0.15) is 34.1 Å². The molecule has 0 spiro atoms. The number of rotatable bonds is 7. The van der Waals surface area contributed by atoms with Crippen molar-refractivity contribution in [1.82, 2.24) is 15.1 Å². The van der Waals surface area contributed by atoms with Gasteiger partial charge in [0, 0.05) is 12.2 Å². The van der Waals surface area contributed by atoms with Crippen LogP contribution in [0.15, 0.2) is 54.7 Å². The van der Waals surface area contributed by atoms with Crippen LogP contribution in [-0.4, -0.2) is 33.5 Å². The molecule has 0 aliphatic carbocycles. The third-order valence-electron chi connectivity index (χ3n) is 4.63. The maximum absolute atomic E-state index is 13.6. The summed E-state index contributed by atoms with van der Waals surface area (Å²) in [6, 6.07) is 12.0. The van der Waals surface area contributed by atoms with E-state index >= 15 is 0 Å². The van der Waals surface area contributed by atoms with Crippen LogP contribution in [0.3, 0.4) is 0 Å². The minimum absolute atomic E-state index is 0.0423. The molecule has 0 radical (unpaired) electrons. The lowest BCUT2D eigenvalue weighted by atomic mass is 10.1. The molecule has 0 saturated carbocycles. The molecule has 0 unspecified atom stereocenters. The molecule has 0 saturated heterocycles. The van der Waals surface area contributed by atoms with Crippen molar-refractivity contribution in [3.8, 4) is 5.69 Å². The van der Waals surface area contributed by atoms with Crippen molar-refractivity contribution in [1.29, 1.82) is 0 Å². The minimum atomic E-state index is -4.85. The van der Waals surface area contributed by atoms with Gasteiger partial charge in [-0.25, -0.2) is 14.3 Å². The van der Waals surface area contributed by atoms with E-state index in [0.717, 1.165) is 11.8 Å². The molecule has 1 aromatic heterocycles. The Balaban J connectivity index is 1.73. The average Bonchev–Trinajstić information content (AvgIpc) is 3.25. The number of esters is 1. The van der Waals surface area contributed by atoms with Crippen LogP contribution in [0.25, 0.3) is 5.69 Å². The van der Waals surface area contributed by atoms with Crippen LogP contribution in [0, 0.1) is 0 Å². The van der Waals surface area contributed by atoms with Gasteiger partial charge in [0.15, 0.2) is 5.69 Å². The van der Waals surface area contributed by atoms with Crippen molar-refractivity contribution in [2.45, 2.75) is 26.3 Å². The summed E-state index contributed by atoms with van der Waals surface area (Å²) in [4.78, 5) is 24.1. The largest absolute Gasteiger partial charge is 0.462 e. The van der Waals surface area contributed by atoms with Gasteiger partial charge in [-0.1, -0.05) is 24.3 Å². The second-order valence-electron chi connectivity index (χ2n) is 6.82. The third kappa shape index (κ3) is 5.69. The Morgan fingerprint density at radius 1 is 1.09 bits per heavy atom. The first-order valence-corrected chi connectivity index (χ1v) is 9.89. The molecule has 3 N–H and O–H groups in total. The quantitative estimate of drug-likeness (QED) is 0.462. The summed E-state index contributed by atoms with van der Waals surface area (Å²) in [5.41, 5.74) is -0.125. The predicted molar refractivity (Wildman–Crippen MR) is 113 cm³/mol. The number of aliphatic hydroxyl groups is 1. The number of benzene rings is 2. The van der Waals surface area contributed by atoms with Crippen LogP contribution >= 0.6 is 0 Å². The molecule has 33 heavy (non-hydrogen) atoms. The van der Waals surface area contributed by atoms with Crippen LogP contribution < -0.4 is 10.6 Å². The molecule has 8 nitrogen and oxygen atoms in total. The Kier molecular flexibility index (Phi) is 7.34. The summed E-state index contributed by atoms with van der Waals surface area (Å²) >= 11 is 0. The maximum atomic E-state index is 13.6. The van der Waals surface area contributed by atoms with Gasteiger partial charge in [-0.3, -0.25) is 0 Å². The molecular weight excluding hydrogens is 441 g/mol. The van der Waals surface area contributed by atoms with Crippen molar-refractivity contribution in [2.24, 2.45) is 0 Å². The first kappa shape index (κ1) is 23.8. The number of aliphatic hydroxyl groups excluding tert-OH is 1. The zero-order valence-corrected chi connectivity index (χ0v) is 17.5. The number of hydrogen-bond acceptors (Lipinski definition) is 5. The van der Waals surface area contributed by atoms with Gasteiger partial charge < -0.3 is 20.5 Å². The summed E-state index contributed by atoms with van der Waals surface area (Å²) in [5.74, 6) is -1.12. The summed E-state index contributed by atoms with van der Waals surface area (Å²) < 4.78 is 46.1. The molecule has 0 aliphatic heterocycles. The number of aromatic nitrogens is 2. The highest BCUT2D eigenvalue weighted by Crippen LogP contribution is 2.34. The molecule has 0 atom stereocenters. The maximum Gasteiger partial charge on any atom is 0.434 e. The Hall–Kier alpha value is -3.86. The van der Waals surface area contributed by atoms with Gasteiger partial charge in [0.2, 0.25) is 0 Å². The van der Waals surface area contributed by atoms with Crippen molar-refractivity contribution in [3.05, 3.63) is 77.1 Å². The highest BCUT2D eigenvalue weighted by Gasteiger charge is 2.41. The number of alkyl halides is 3. The highest BCUT2D eigenvalue weighted by molar-refractivity contribution is 5.91. The minimum Gasteiger partial charge on any atom is -0.462 e. The van der Waals surface area contributed by atoms with Crippen molar-refractivity contribution in [2.75, 3.05) is 11.9 Å². The molecule has 174 valence electrons. The number of urea groups is 1. The number of nitrogens with one attached hydrogen (secondary N) is 2. The second kappa shape index (κ2) is 10.2. The number of carbonyl (C=O) groups excluding carboxylic acids is 2. The van der Waals surface area contributed by atoms with Crippen molar-refractivity contribution < 1.29 is 32.6 Å². The molecule has 11 heteroatoms. The lowest BCUT2D eigenvalue weighted by Crippen LogP contribution is -2.28. The molecule has 0 fully saturated rings. The van der Waals surface area contributed by atoms with Crippen molar-refractivity contribution >= 4 is 17.7 Å². The highest BCUT2D eigenvalue weighted by atomic mass is 19.4. The molecular formula is C22H21F3N4O4. The Morgan fingerprint density at radius 3 is 2.36 bits per heavy atom. The van der Waals surface area contributed by atoms with Crippen LogP contribution in [0.4, 0.5) is 23.7 Å². The number of nitrogens with zero attached hydrogens (tertiary/aromatic N) is 2. The number of hydrogen-bond donors (Lipinski definition) is 3. The molecule has 3 aromatic rings. The van der Waals surface area contributed by atoms with Gasteiger partial charge >= 0.3 is 18.2 Å². The molecule has 2 aromatic carbocycles. The fourth-order valence-electron chi connectivity index (χ4n) is 3.10. The second-order valence-corrected chi connectivity index (χ2v) is 6.82. The first-order chi connectivity index (χ1) is 15.7. The fourth-order valence-corrected chi connectivity index (χ4v) is 3.10. The van der Waals surface area contributed by atoms with Gasteiger partial charge in [0.05, 0.1) is 25.1 Å². The first-order valence-electron chi connectivity index (χ1n) is 9.89. The molecule has 1 heterocycles. The topological polar surface area (TPSA) is 105 Å². The number of halogens is 3. The smallest absolute Gasteiger partial charge is 0.434 e. The zero-order chi connectivity index (χ0) is 24.0. The van der Waals surface area contributed by atoms with Crippen LogP contribution in [0.5, 0.6) is 0 Å². The van der Waals surface area contributed by atoms with E-state index in [0.29, 0.717) is 15.9 Å². The monoisotopic (exact) mass is 462 g/mol. The normalized spacial score (nSPS) is 11.2. The van der Waals surface area contributed by atoms with Gasteiger partial charge in [-0.2, -0.15) is 18.3 Å². The molecule has 3 rings (SSSR count). The van der Waals surface area contributed by atoms with Gasteiger partial charge in [0.1, 0.15) is 5.56 Å². The number of ether oxygens (including phenoxy) is 1. The number of carbonyl (C=O) groups is 2. The van der Waals surface area contributed by atoms with Gasteiger partial charge in [-0.05, 0) is 42.3 Å². The Labute approximate surface area is 187 Å². The lowest BCUT2D eigenvalue weighted by molar-refractivity contribution is -0.143. The molecule has 2 amide bonds. The summed E-state index contributed by atoms with van der Waals surface area (Å²) in [6.45, 7) is 1.43. The van der Waals surface area contributed by atoms with Crippen LogP contribution in [0.2, 0.25) is 0 Å². The fraction of sp³-hybridized carbons (Fsp3) is 0.227. The van der Waals surface area contributed by atoms with E-state index in [4.69, 9.17) is 0 Å². The zero-order valence-electron chi connectivity index (χ0n) is 17.5. The van der Waals surface area contributed by atoms with E-state index < -0.39 is 29.4 Å². The standard InChI is InChI=1S/C22H21F3N4O4/c1-2-33-20(31)18-12-27-29(19(18)22(23,24)25)17-9-7-16(8-10-17)28-21(32)26-11-14-5-3-4-6-15(14)13-30/h3-10,12,30H,2,11,13H2,1H3,(H2,26,28,32). The summed E-state index contributed by atoms with van der Waals surface area (Å²) in [6.07, 6.45) is -4.04. The van der Waals surface area contributed by atoms with E-state index in [1.54, 1.807) is 24.3 Å². The van der Waals surface area contributed by atoms with E-state index in [9.17, 15) is 27.9 Å². The molecule has 0 aliphatic rings. The van der Waals surface area contributed by atoms with E-state index in [1.807, 2.05) is 0 Å². The number of anilines is 1. The van der Waals surface area contributed by atoms with E-state index in [2.05, 4.69) is 20.5 Å². The summed E-state index contributed by atoms with van der Waals surface area (Å²) in [7, 11) is 0. The van der Waals surface area contributed by atoms with Gasteiger partial charge in [-0.15, -0.1) is 0 Å². The third-order valence-corrected chi connectivity index (χ3v) is 4.63. The predicted octanol–water partition coefficient (Wildman–Crippen LogP) is 3.88. The average molecular weight is 462 g/mol. The van der Waals surface area contributed by atoms with Gasteiger partial charge in [0.25, 0.3) is 0 Å². The van der Waals surface area contributed by atoms with E-state index in [1.165, 1.54) is 31.2 Å². The number of amides is 2. The molecule has 0 bridgehead atoms. The Morgan fingerprint density at radius 2 is 1.76 bits per heavy atom. The summed E-state index contributed by atoms with van der Waals surface area (Å²) in [5, 5.41) is 18.3. The SMILES string of the molecule is CCOC(=O)c1cnn(-c2ccc(NC(=O)NCc3ccccc3CO)cc2)c1C(F)(F)F. The van der Waals surface area contributed by atoms with E-state index in [-0.39, 0.29) is 25.4 Å². The van der Waals surface area contributed by atoms with Crippen LogP contribution in [-0.2, 0) is 24.1 Å². The Bertz CT molecular complexity index is 1130. The lowest BCUT2D eigenvalue weighted by Gasteiger charge is -2.13. The van der Waals surface area contributed by atoms with Crippen molar-refractivity contribution in [3.63, 3.8) is 0 Å².